The van der Waals surface area contributed by atoms with E-state index in [-0.39, 0.29) is 12.4 Å². The number of nitrogens with one attached hydrogen (secondary N) is 1. The van der Waals surface area contributed by atoms with Crippen molar-refractivity contribution in [2.75, 3.05) is 37.8 Å². The fourth-order valence-corrected chi connectivity index (χ4v) is 4.00. The smallest absolute Gasteiger partial charge is 0.343 e. The van der Waals surface area contributed by atoms with Gasteiger partial charge in [-0.25, -0.2) is 19.7 Å². The van der Waals surface area contributed by atoms with E-state index in [1.807, 2.05) is 29.2 Å². The first kappa shape index (κ1) is 19.5. The van der Waals surface area contributed by atoms with E-state index >= 15 is 0 Å². The van der Waals surface area contributed by atoms with E-state index in [0.717, 1.165) is 11.0 Å². The minimum absolute atomic E-state index is 0.0836. The number of hydrogen-bond donors (Lipinski definition) is 1. The number of carbonyl (C=O) groups is 1. The van der Waals surface area contributed by atoms with Crippen LogP contribution in [0.2, 0.25) is 0 Å². The number of carbonyl (C=O) groups excluding carboxylic acids is 1. The molecular formula is C19H21N5O4S. The Balaban J connectivity index is 1.61. The van der Waals surface area contributed by atoms with Crippen LogP contribution in [0.15, 0.2) is 35.6 Å². The molecule has 0 amide bonds. The third kappa shape index (κ3) is 4.28. The lowest BCUT2D eigenvalue weighted by Crippen LogP contribution is -2.38. The highest BCUT2D eigenvalue weighted by molar-refractivity contribution is 7.84. The number of imidazole rings is 1. The molecule has 29 heavy (non-hydrogen) atoms. The number of anilines is 1. The second-order valence-electron chi connectivity index (χ2n) is 6.39. The highest BCUT2D eigenvalue weighted by Gasteiger charge is 2.23. The van der Waals surface area contributed by atoms with Crippen LogP contribution in [0.3, 0.4) is 0 Å². The molecule has 1 aromatic carbocycles. The van der Waals surface area contributed by atoms with Gasteiger partial charge in [0.15, 0.2) is 5.16 Å². The van der Waals surface area contributed by atoms with E-state index < -0.39 is 16.8 Å². The van der Waals surface area contributed by atoms with E-state index in [0.29, 0.717) is 48.7 Å². The van der Waals surface area contributed by atoms with E-state index in [9.17, 15) is 9.00 Å². The Morgan fingerprint density at radius 1 is 1.28 bits per heavy atom. The molecule has 0 saturated carbocycles. The molecule has 0 spiro atoms. The van der Waals surface area contributed by atoms with Crippen molar-refractivity contribution in [3.05, 3.63) is 41.9 Å². The number of ether oxygens (including phenoxy) is 2. The molecule has 1 atom stereocenters. The van der Waals surface area contributed by atoms with Crippen LogP contribution >= 0.6 is 0 Å². The Morgan fingerprint density at radius 2 is 2.07 bits per heavy atom. The summed E-state index contributed by atoms with van der Waals surface area (Å²) in [6.45, 7) is 4.32. The summed E-state index contributed by atoms with van der Waals surface area (Å²) in [4.78, 5) is 30.5. The number of morpholine rings is 1. The van der Waals surface area contributed by atoms with Gasteiger partial charge < -0.3 is 19.4 Å². The largest absolute Gasteiger partial charge is 0.462 e. The zero-order valence-corrected chi connectivity index (χ0v) is 16.8. The van der Waals surface area contributed by atoms with Crippen molar-refractivity contribution in [3.63, 3.8) is 0 Å². The van der Waals surface area contributed by atoms with E-state index in [2.05, 4.69) is 19.9 Å². The van der Waals surface area contributed by atoms with Gasteiger partial charge in [0.2, 0.25) is 0 Å². The standard InChI is InChI=1S/C19H21N5O4S/c1-2-28-18(25)13-11-20-16(23-17(13)24-7-9-27-10-8-24)12-29(26)19-21-14-5-3-4-6-15(14)22-19/h3-6,11H,2,7-10,12H2,1H3,(H,21,22). The number of aromatic amines is 1. The van der Waals surface area contributed by atoms with Crippen molar-refractivity contribution in [2.45, 2.75) is 17.8 Å². The van der Waals surface area contributed by atoms with Crippen molar-refractivity contribution in [3.8, 4) is 0 Å². The number of rotatable bonds is 6. The highest BCUT2D eigenvalue weighted by atomic mass is 32.2. The van der Waals surface area contributed by atoms with E-state index in [1.165, 1.54) is 6.20 Å². The molecule has 1 fully saturated rings. The molecule has 1 N–H and O–H groups in total. The topological polar surface area (TPSA) is 110 Å². The van der Waals surface area contributed by atoms with Crippen LogP contribution in [-0.4, -0.2) is 63.0 Å². The molecule has 9 nitrogen and oxygen atoms in total. The second-order valence-corrected chi connectivity index (χ2v) is 7.76. The van der Waals surface area contributed by atoms with Crippen LogP contribution < -0.4 is 4.90 Å². The lowest BCUT2D eigenvalue weighted by atomic mass is 10.2. The number of H-pyrrole nitrogens is 1. The summed E-state index contributed by atoms with van der Waals surface area (Å²) in [7, 11) is -1.45. The molecule has 1 aliphatic heterocycles. The average molecular weight is 415 g/mol. The third-order valence-electron chi connectivity index (χ3n) is 4.47. The van der Waals surface area contributed by atoms with Crippen molar-refractivity contribution < 1.29 is 18.5 Å². The number of nitrogens with zero attached hydrogens (tertiary/aromatic N) is 4. The van der Waals surface area contributed by atoms with Crippen molar-refractivity contribution in [1.29, 1.82) is 0 Å². The van der Waals surface area contributed by atoms with E-state index in [1.54, 1.807) is 6.92 Å². The van der Waals surface area contributed by atoms with Crippen molar-refractivity contribution >= 4 is 33.6 Å². The minimum atomic E-state index is -1.45. The van der Waals surface area contributed by atoms with Gasteiger partial charge in [0.1, 0.15) is 17.2 Å². The van der Waals surface area contributed by atoms with Gasteiger partial charge in [-0.3, -0.25) is 4.21 Å². The molecule has 1 unspecified atom stereocenters. The second kappa shape index (κ2) is 8.66. The summed E-state index contributed by atoms with van der Waals surface area (Å²) in [5, 5.41) is 0.372. The zero-order chi connectivity index (χ0) is 20.2. The summed E-state index contributed by atoms with van der Waals surface area (Å²) in [5.41, 5.74) is 1.87. The van der Waals surface area contributed by atoms with Crippen LogP contribution in [-0.2, 0) is 26.0 Å². The van der Waals surface area contributed by atoms with Gasteiger partial charge in [-0.1, -0.05) is 12.1 Å². The number of aromatic nitrogens is 4. The SMILES string of the molecule is CCOC(=O)c1cnc(CS(=O)c2nc3ccccc3[nH]2)nc1N1CCOCC1. The third-order valence-corrected chi connectivity index (χ3v) is 5.61. The quantitative estimate of drug-likeness (QED) is 0.606. The molecule has 1 saturated heterocycles. The Kier molecular flexibility index (Phi) is 5.81. The maximum absolute atomic E-state index is 12.8. The van der Waals surface area contributed by atoms with Gasteiger partial charge in [-0.05, 0) is 19.1 Å². The molecule has 3 aromatic rings. The molecule has 4 rings (SSSR count). The van der Waals surface area contributed by atoms with Crippen molar-refractivity contribution in [1.82, 2.24) is 19.9 Å². The summed E-state index contributed by atoms with van der Waals surface area (Å²) >= 11 is 0. The maximum atomic E-state index is 12.8. The van der Waals surface area contributed by atoms with Gasteiger partial charge in [0, 0.05) is 19.3 Å². The van der Waals surface area contributed by atoms with Gasteiger partial charge in [-0.15, -0.1) is 0 Å². The van der Waals surface area contributed by atoms with Crippen LogP contribution in [0.1, 0.15) is 23.1 Å². The molecule has 0 bridgehead atoms. The highest BCUT2D eigenvalue weighted by Crippen LogP contribution is 2.21. The van der Waals surface area contributed by atoms with Gasteiger partial charge in [0.05, 0.1) is 47.4 Å². The number of hydrogen-bond acceptors (Lipinski definition) is 8. The fraction of sp³-hybridized carbons (Fsp3) is 0.368. The number of benzene rings is 1. The van der Waals surface area contributed by atoms with Gasteiger partial charge in [0.25, 0.3) is 0 Å². The fourth-order valence-electron chi connectivity index (χ4n) is 3.07. The normalized spacial score (nSPS) is 15.4. The lowest BCUT2D eigenvalue weighted by molar-refractivity contribution is 0.0525. The van der Waals surface area contributed by atoms with Gasteiger partial charge in [-0.2, -0.15) is 0 Å². The molecule has 10 heteroatoms. The molecule has 2 aromatic heterocycles. The molecule has 3 heterocycles. The average Bonchev–Trinajstić information content (AvgIpc) is 3.19. The summed E-state index contributed by atoms with van der Waals surface area (Å²) in [6.07, 6.45) is 1.45. The van der Waals surface area contributed by atoms with Crippen LogP contribution in [0.25, 0.3) is 11.0 Å². The Hall–Kier alpha value is -2.85. The molecule has 1 aliphatic rings. The Bertz CT molecular complexity index is 1020. The zero-order valence-electron chi connectivity index (χ0n) is 16.0. The Labute approximate surface area is 169 Å². The maximum Gasteiger partial charge on any atom is 0.343 e. The summed E-state index contributed by atoms with van der Waals surface area (Å²) < 4.78 is 23.3. The molecule has 0 aliphatic carbocycles. The van der Waals surface area contributed by atoms with Gasteiger partial charge >= 0.3 is 5.97 Å². The van der Waals surface area contributed by atoms with Crippen LogP contribution in [0, 0.1) is 0 Å². The molecule has 152 valence electrons. The van der Waals surface area contributed by atoms with Crippen molar-refractivity contribution in [2.24, 2.45) is 0 Å². The predicted molar refractivity (Wildman–Crippen MR) is 107 cm³/mol. The van der Waals surface area contributed by atoms with Crippen LogP contribution in [0.4, 0.5) is 5.82 Å². The first-order valence-electron chi connectivity index (χ1n) is 9.34. The predicted octanol–water partition coefficient (Wildman–Crippen LogP) is 1.67. The number of para-hydroxylation sites is 2. The van der Waals surface area contributed by atoms with E-state index in [4.69, 9.17) is 9.47 Å². The lowest BCUT2D eigenvalue weighted by Gasteiger charge is -2.29. The molecule has 0 radical (unpaired) electrons. The number of fused-ring (bicyclic) bond motifs is 1. The monoisotopic (exact) mass is 415 g/mol. The first-order valence-corrected chi connectivity index (χ1v) is 10.7. The first-order chi connectivity index (χ1) is 14.2. The summed E-state index contributed by atoms with van der Waals surface area (Å²) in [6, 6.07) is 7.50. The number of esters is 1. The van der Waals surface area contributed by atoms with Crippen LogP contribution in [0.5, 0.6) is 0 Å². The minimum Gasteiger partial charge on any atom is -0.462 e. The summed E-state index contributed by atoms with van der Waals surface area (Å²) in [5.74, 6) is 0.468. The molecular weight excluding hydrogens is 394 g/mol. The Morgan fingerprint density at radius 3 is 2.83 bits per heavy atom.